The summed E-state index contributed by atoms with van der Waals surface area (Å²) in [6, 6.07) is 15.1. The summed E-state index contributed by atoms with van der Waals surface area (Å²) in [7, 11) is 0. The standard InChI is InChI=1S/C19H15ClN4OS/c1-2-24-15-10-6-4-8-13(15)17-18(24)21-19(23-22-17)26-11-16(25)12-7-3-5-9-14(12)20/h3-10H,2,11H2,1H3. The topological polar surface area (TPSA) is 60.7 Å². The zero-order valence-corrected chi connectivity index (χ0v) is 15.6. The zero-order chi connectivity index (χ0) is 18.1. The third-order valence-electron chi connectivity index (χ3n) is 4.18. The van der Waals surface area contributed by atoms with Crippen molar-refractivity contribution in [3.8, 4) is 0 Å². The van der Waals surface area contributed by atoms with Gasteiger partial charge in [0.15, 0.2) is 11.4 Å². The molecule has 0 atom stereocenters. The Balaban J connectivity index is 1.65. The van der Waals surface area contributed by atoms with E-state index in [1.807, 2.05) is 18.2 Å². The first kappa shape index (κ1) is 17.0. The summed E-state index contributed by atoms with van der Waals surface area (Å²) in [6.07, 6.45) is 0. The van der Waals surface area contributed by atoms with E-state index in [0.717, 1.165) is 28.6 Å². The predicted molar refractivity (Wildman–Crippen MR) is 105 cm³/mol. The maximum absolute atomic E-state index is 12.4. The molecule has 0 N–H and O–H groups in total. The van der Waals surface area contributed by atoms with Crippen molar-refractivity contribution in [2.24, 2.45) is 0 Å². The number of nitrogens with zero attached hydrogens (tertiary/aromatic N) is 4. The van der Waals surface area contributed by atoms with Gasteiger partial charge in [-0.15, -0.1) is 10.2 Å². The lowest BCUT2D eigenvalue weighted by Gasteiger charge is -2.04. The van der Waals surface area contributed by atoms with Crippen molar-refractivity contribution >= 4 is 51.2 Å². The molecule has 130 valence electrons. The Morgan fingerprint density at radius 2 is 1.88 bits per heavy atom. The van der Waals surface area contributed by atoms with Gasteiger partial charge in [-0.2, -0.15) is 0 Å². The molecule has 2 aromatic carbocycles. The fourth-order valence-electron chi connectivity index (χ4n) is 2.97. The molecule has 26 heavy (non-hydrogen) atoms. The number of para-hydroxylation sites is 1. The number of carbonyl (C=O) groups is 1. The highest BCUT2D eigenvalue weighted by Crippen LogP contribution is 2.27. The summed E-state index contributed by atoms with van der Waals surface area (Å²) in [5, 5.41) is 10.5. The molecule has 2 heterocycles. The minimum absolute atomic E-state index is 0.0552. The molecular formula is C19H15ClN4OS. The fourth-order valence-corrected chi connectivity index (χ4v) is 3.87. The quantitative estimate of drug-likeness (QED) is 0.372. The first-order valence-electron chi connectivity index (χ1n) is 8.21. The predicted octanol–water partition coefficient (Wildman–Crippen LogP) is 4.63. The van der Waals surface area contributed by atoms with E-state index in [9.17, 15) is 4.79 Å². The van der Waals surface area contributed by atoms with E-state index in [1.54, 1.807) is 24.3 Å². The number of Topliss-reactive ketones (excluding diaryl/α,β-unsaturated/α-hetero) is 1. The van der Waals surface area contributed by atoms with Crippen LogP contribution in [0.3, 0.4) is 0 Å². The molecule has 0 bridgehead atoms. The first-order valence-corrected chi connectivity index (χ1v) is 9.57. The number of ketones is 1. The summed E-state index contributed by atoms with van der Waals surface area (Å²) < 4.78 is 2.11. The van der Waals surface area contributed by atoms with Crippen LogP contribution in [0, 0.1) is 0 Å². The molecule has 0 aliphatic rings. The average Bonchev–Trinajstić information content (AvgIpc) is 2.99. The summed E-state index contributed by atoms with van der Waals surface area (Å²) in [6.45, 7) is 2.85. The van der Waals surface area contributed by atoms with Crippen LogP contribution >= 0.6 is 23.4 Å². The molecule has 5 nitrogen and oxygen atoms in total. The van der Waals surface area contributed by atoms with E-state index in [2.05, 4.69) is 32.7 Å². The Hall–Kier alpha value is -2.44. The Morgan fingerprint density at radius 1 is 1.12 bits per heavy atom. The highest BCUT2D eigenvalue weighted by Gasteiger charge is 2.15. The SMILES string of the molecule is CCn1c2ccccc2c2nnc(SCC(=O)c3ccccc3Cl)nc21. The molecule has 0 saturated heterocycles. The number of halogens is 1. The van der Waals surface area contributed by atoms with Crippen molar-refractivity contribution < 1.29 is 4.79 Å². The van der Waals surface area contributed by atoms with Gasteiger partial charge in [-0.25, -0.2) is 4.98 Å². The van der Waals surface area contributed by atoms with Crippen LogP contribution in [0.15, 0.2) is 53.7 Å². The smallest absolute Gasteiger partial charge is 0.211 e. The Bertz CT molecular complexity index is 1130. The summed E-state index contributed by atoms with van der Waals surface area (Å²) in [5.41, 5.74) is 3.17. The van der Waals surface area contributed by atoms with Gasteiger partial charge < -0.3 is 4.57 Å². The molecular weight excluding hydrogens is 368 g/mol. The number of thioether (sulfide) groups is 1. The van der Waals surface area contributed by atoms with E-state index in [-0.39, 0.29) is 11.5 Å². The minimum Gasteiger partial charge on any atom is -0.324 e. The van der Waals surface area contributed by atoms with Gasteiger partial charge in [0.05, 0.1) is 16.3 Å². The Kier molecular flexibility index (Phi) is 4.61. The van der Waals surface area contributed by atoms with Crippen LogP contribution in [0.2, 0.25) is 5.02 Å². The van der Waals surface area contributed by atoms with Gasteiger partial charge in [0.25, 0.3) is 0 Å². The molecule has 2 aromatic heterocycles. The maximum atomic E-state index is 12.4. The van der Waals surface area contributed by atoms with Crippen LogP contribution in [-0.4, -0.2) is 31.3 Å². The van der Waals surface area contributed by atoms with E-state index < -0.39 is 0 Å². The van der Waals surface area contributed by atoms with Crippen LogP contribution in [0.1, 0.15) is 17.3 Å². The lowest BCUT2D eigenvalue weighted by molar-refractivity contribution is 0.102. The number of rotatable bonds is 5. The summed E-state index contributed by atoms with van der Waals surface area (Å²) >= 11 is 7.36. The van der Waals surface area contributed by atoms with Crippen molar-refractivity contribution in [3.05, 3.63) is 59.1 Å². The minimum atomic E-state index is -0.0552. The molecule has 0 saturated carbocycles. The lowest BCUT2D eigenvalue weighted by Crippen LogP contribution is -2.05. The van der Waals surface area contributed by atoms with Gasteiger partial charge in [-0.3, -0.25) is 4.79 Å². The Labute approximate surface area is 159 Å². The van der Waals surface area contributed by atoms with Gasteiger partial charge >= 0.3 is 0 Å². The monoisotopic (exact) mass is 382 g/mol. The molecule has 0 amide bonds. The van der Waals surface area contributed by atoms with E-state index >= 15 is 0 Å². The van der Waals surface area contributed by atoms with Crippen LogP contribution < -0.4 is 0 Å². The molecule has 7 heteroatoms. The maximum Gasteiger partial charge on any atom is 0.211 e. The number of hydrogen-bond acceptors (Lipinski definition) is 5. The number of hydrogen-bond donors (Lipinski definition) is 0. The van der Waals surface area contributed by atoms with Crippen molar-refractivity contribution in [1.29, 1.82) is 0 Å². The van der Waals surface area contributed by atoms with Crippen LogP contribution in [0.5, 0.6) is 0 Å². The molecule has 0 unspecified atom stereocenters. The van der Waals surface area contributed by atoms with Crippen molar-refractivity contribution in [3.63, 3.8) is 0 Å². The van der Waals surface area contributed by atoms with Gasteiger partial charge in [0.2, 0.25) is 5.16 Å². The van der Waals surface area contributed by atoms with Crippen LogP contribution in [0.4, 0.5) is 0 Å². The summed E-state index contributed by atoms with van der Waals surface area (Å²) in [4.78, 5) is 17.0. The highest BCUT2D eigenvalue weighted by atomic mass is 35.5. The number of benzene rings is 2. The van der Waals surface area contributed by atoms with Gasteiger partial charge in [-0.1, -0.05) is 53.7 Å². The molecule has 4 rings (SSSR count). The molecule has 0 aliphatic heterocycles. The average molecular weight is 383 g/mol. The molecule has 0 fully saturated rings. The number of aryl methyl sites for hydroxylation is 1. The van der Waals surface area contributed by atoms with E-state index in [0.29, 0.717) is 15.7 Å². The third-order valence-corrected chi connectivity index (χ3v) is 5.34. The highest BCUT2D eigenvalue weighted by molar-refractivity contribution is 7.99. The number of aromatic nitrogens is 4. The fraction of sp³-hybridized carbons (Fsp3) is 0.158. The first-order chi connectivity index (χ1) is 12.7. The number of carbonyl (C=O) groups excluding carboxylic acids is 1. The van der Waals surface area contributed by atoms with Crippen molar-refractivity contribution in [2.45, 2.75) is 18.6 Å². The Morgan fingerprint density at radius 3 is 2.69 bits per heavy atom. The van der Waals surface area contributed by atoms with Crippen molar-refractivity contribution in [1.82, 2.24) is 19.7 Å². The van der Waals surface area contributed by atoms with Crippen molar-refractivity contribution in [2.75, 3.05) is 5.75 Å². The van der Waals surface area contributed by atoms with Gasteiger partial charge in [0.1, 0.15) is 5.52 Å². The number of fused-ring (bicyclic) bond motifs is 3. The molecule has 4 aromatic rings. The second kappa shape index (κ2) is 7.05. The summed E-state index contributed by atoms with van der Waals surface area (Å²) in [5.74, 6) is 0.156. The van der Waals surface area contributed by atoms with Crippen LogP contribution in [-0.2, 0) is 6.54 Å². The van der Waals surface area contributed by atoms with E-state index in [1.165, 1.54) is 11.8 Å². The van der Waals surface area contributed by atoms with Gasteiger partial charge in [0, 0.05) is 17.5 Å². The molecule has 0 aliphatic carbocycles. The lowest BCUT2D eigenvalue weighted by atomic mass is 10.1. The molecule has 0 spiro atoms. The zero-order valence-electron chi connectivity index (χ0n) is 14.0. The van der Waals surface area contributed by atoms with Crippen LogP contribution in [0.25, 0.3) is 22.1 Å². The second-order valence-electron chi connectivity index (χ2n) is 5.72. The normalized spacial score (nSPS) is 11.3. The van der Waals surface area contributed by atoms with E-state index in [4.69, 9.17) is 11.6 Å². The largest absolute Gasteiger partial charge is 0.324 e. The third kappa shape index (κ3) is 2.95. The molecule has 0 radical (unpaired) electrons. The second-order valence-corrected chi connectivity index (χ2v) is 7.07. The van der Waals surface area contributed by atoms with Gasteiger partial charge in [-0.05, 0) is 25.1 Å².